The Hall–Kier alpha value is -3.31. The number of thioether (sulfide) groups is 1. The van der Waals surface area contributed by atoms with Crippen LogP contribution in [0.3, 0.4) is 0 Å². The van der Waals surface area contributed by atoms with Crippen molar-refractivity contribution in [2.75, 3.05) is 18.5 Å². The summed E-state index contributed by atoms with van der Waals surface area (Å²) in [5.74, 6) is 0.496. The number of para-hydroxylation sites is 1. The van der Waals surface area contributed by atoms with Crippen LogP contribution in [-0.2, 0) is 9.59 Å². The van der Waals surface area contributed by atoms with Gasteiger partial charge < -0.3 is 20.1 Å². The number of amides is 2. The van der Waals surface area contributed by atoms with Crippen LogP contribution in [0.1, 0.15) is 18.1 Å². The zero-order valence-corrected chi connectivity index (χ0v) is 22.7. The number of ether oxygens (including phenoxy) is 2. The van der Waals surface area contributed by atoms with Gasteiger partial charge in [-0.15, -0.1) is 0 Å². The average Bonchev–Trinajstić information content (AvgIpc) is 3.19. The normalized spacial score (nSPS) is 15.1. The smallest absolute Gasteiger partial charge is 0.264 e. The lowest BCUT2D eigenvalue weighted by Crippen LogP contribution is -2.20. The summed E-state index contributed by atoms with van der Waals surface area (Å²) in [5, 5.41) is 6.13. The third-order valence-corrected chi connectivity index (χ3v) is 6.66. The zero-order chi connectivity index (χ0) is 25.5. The van der Waals surface area contributed by atoms with Gasteiger partial charge in [-0.25, -0.2) is 4.99 Å². The van der Waals surface area contributed by atoms with Crippen molar-refractivity contribution in [3.63, 3.8) is 0 Å². The van der Waals surface area contributed by atoms with E-state index in [2.05, 4.69) is 38.2 Å². The Morgan fingerprint density at radius 3 is 2.58 bits per heavy atom. The molecule has 2 N–H and O–H groups in total. The Morgan fingerprint density at radius 2 is 1.86 bits per heavy atom. The molecular weight excluding hydrogens is 589 g/mol. The number of hydrogen-bond acceptors (Lipinski definition) is 6. The van der Waals surface area contributed by atoms with E-state index in [0.29, 0.717) is 33.9 Å². The van der Waals surface area contributed by atoms with E-state index in [1.165, 1.54) is 11.8 Å². The van der Waals surface area contributed by atoms with Gasteiger partial charge in [0.25, 0.3) is 11.8 Å². The molecule has 0 spiro atoms. The topological polar surface area (TPSA) is 89.0 Å². The average molecular weight is 613 g/mol. The van der Waals surface area contributed by atoms with E-state index >= 15 is 0 Å². The van der Waals surface area contributed by atoms with Crippen LogP contribution < -0.4 is 20.1 Å². The van der Waals surface area contributed by atoms with Crippen molar-refractivity contribution < 1.29 is 19.1 Å². The number of carbonyl (C=O) groups excluding carboxylic acids is 2. The molecule has 1 fully saturated rings. The highest BCUT2D eigenvalue weighted by Crippen LogP contribution is 2.36. The Kier molecular flexibility index (Phi) is 8.65. The van der Waals surface area contributed by atoms with E-state index in [1.807, 2.05) is 74.5 Å². The third kappa shape index (κ3) is 6.88. The van der Waals surface area contributed by atoms with E-state index in [-0.39, 0.29) is 18.4 Å². The van der Waals surface area contributed by atoms with Crippen molar-refractivity contribution in [1.29, 1.82) is 0 Å². The summed E-state index contributed by atoms with van der Waals surface area (Å²) in [4.78, 5) is 29.9. The summed E-state index contributed by atoms with van der Waals surface area (Å²) in [7, 11) is 0. The molecule has 36 heavy (non-hydrogen) atoms. The molecular formula is C27H24IN3O4S. The van der Waals surface area contributed by atoms with Crippen LogP contribution in [-0.4, -0.2) is 30.2 Å². The summed E-state index contributed by atoms with van der Waals surface area (Å²) in [6, 6.07) is 20.6. The molecule has 0 saturated carbocycles. The van der Waals surface area contributed by atoms with Crippen molar-refractivity contribution in [3.8, 4) is 11.5 Å². The number of aliphatic imine (C=N–C) groups is 1. The minimum Gasteiger partial charge on any atom is -0.490 e. The van der Waals surface area contributed by atoms with Gasteiger partial charge in [-0.3, -0.25) is 9.59 Å². The fourth-order valence-corrected chi connectivity index (χ4v) is 4.92. The molecule has 0 aliphatic carbocycles. The van der Waals surface area contributed by atoms with Gasteiger partial charge in [-0.1, -0.05) is 35.9 Å². The molecule has 1 heterocycles. The molecule has 184 valence electrons. The van der Waals surface area contributed by atoms with Gasteiger partial charge in [0.1, 0.15) is 0 Å². The predicted octanol–water partition coefficient (Wildman–Crippen LogP) is 5.91. The minimum absolute atomic E-state index is 0.164. The largest absolute Gasteiger partial charge is 0.490 e. The van der Waals surface area contributed by atoms with Gasteiger partial charge in [0.15, 0.2) is 23.3 Å². The standard InChI is InChI=1S/C27H24IN3O4S/c1-3-34-22-14-18(13-21(28)25(22)35-16-24(32)29-19-7-5-4-6-8-19)15-23-26(33)31-27(36-23)30-20-11-9-17(2)10-12-20/h4-15H,3,16H2,1-2H3,(H,29,32)(H,30,31,33)/b23-15-. The maximum absolute atomic E-state index is 12.5. The monoisotopic (exact) mass is 613 g/mol. The van der Waals surface area contributed by atoms with Crippen molar-refractivity contribution in [3.05, 3.63) is 86.3 Å². The molecule has 7 nitrogen and oxygen atoms in total. The van der Waals surface area contributed by atoms with Gasteiger partial charge in [-0.05, 0) is 96.2 Å². The van der Waals surface area contributed by atoms with Crippen molar-refractivity contribution in [1.82, 2.24) is 5.32 Å². The second-order valence-corrected chi connectivity index (χ2v) is 9.98. The molecule has 0 radical (unpaired) electrons. The number of nitrogens with zero attached hydrogens (tertiary/aromatic N) is 1. The van der Waals surface area contributed by atoms with Crippen LogP contribution in [0.15, 0.2) is 76.6 Å². The first-order chi connectivity index (χ1) is 17.4. The van der Waals surface area contributed by atoms with Crippen LogP contribution in [0.5, 0.6) is 11.5 Å². The fraction of sp³-hybridized carbons (Fsp3) is 0.148. The Balaban J connectivity index is 1.49. The lowest BCUT2D eigenvalue weighted by Gasteiger charge is -2.15. The lowest BCUT2D eigenvalue weighted by atomic mass is 10.2. The predicted molar refractivity (Wildman–Crippen MR) is 153 cm³/mol. The van der Waals surface area contributed by atoms with Gasteiger partial charge in [-0.2, -0.15) is 0 Å². The highest BCUT2D eigenvalue weighted by atomic mass is 127. The SMILES string of the molecule is CCOc1cc(/C=C2\SC(=Nc3ccc(C)cc3)NC2=O)cc(I)c1OCC(=O)Nc1ccccc1. The fourth-order valence-electron chi connectivity index (χ4n) is 3.30. The number of halogens is 1. The molecule has 0 aromatic heterocycles. The number of hydrogen-bond donors (Lipinski definition) is 2. The van der Waals surface area contributed by atoms with E-state index in [1.54, 1.807) is 12.1 Å². The number of nitrogens with one attached hydrogen (secondary N) is 2. The third-order valence-electron chi connectivity index (χ3n) is 4.95. The summed E-state index contributed by atoms with van der Waals surface area (Å²) in [5.41, 5.74) is 3.39. The Bertz CT molecular complexity index is 1320. The molecule has 1 aliphatic heterocycles. The van der Waals surface area contributed by atoms with Crippen LogP contribution in [0.4, 0.5) is 11.4 Å². The second kappa shape index (κ2) is 12.1. The van der Waals surface area contributed by atoms with Crippen LogP contribution in [0, 0.1) is 10.5 Å². The Morgan fingerprint density at radius 1 is 1.11 bits per heavy atom. The first-order valence-electron chi connectivity index (χ1n) is 11.2. The molecule has 3 aromatic rings. The first-order valence-corrected chi connectivity index (χ1v) is 13.1. The number of amidine groups is 1. The van der Waals surface area contributed by atoms with Crippen LogP contribution >= 0.6 is 34.4 Å². The molecule has 9 heteroatoms. The minimum atomic E-state index is -0.273. The van der Waals surface area contributed by atoms with Crippen LogP contribution in [0.25, 0.3) is 6.08 Å². The summed E-state index contributed by atoms with van der Waals surface area (Å²) < 4.78 is 12.4. The Labute approximate surface area is 227 Å². The van der Waals surface area contributed by atoms with Gasteiger partial charge in [0.05, 0.1) is 20.8 Å². The van der Waals surface area contributed by atoms with Gasteiger partial charge >= 0.3 is 0 Å². The zero-order valence-electron chi connectivity index (χ0n) is 19.7. The molecule has 0 bridgehead atoms. The number of carbonyl (C=O) groups is 2. The highest BCUT2D eigenvalue weighted by molar-refractivity contribution is 14.1. The van der Waals surface area contributed by atoms with Gasteiger partial charge in [0.2, 0.25) is 0 Å². The molecule has 1 saturated heterocycles. The maximum atomic E-state index is 12.5. The molecule has 0 unspecified atom stereocenters. The van der Waals surface area contributed by atoms with Crippen molar-refractivity contribution in [2.45, 2.75) is 13.8 Å². The summed E-state index contributed by atoms with van der Waals surface area (Å²) >= 11 is 3.42. The number of benzene rings is 3. The highest BCUT2D eigenvalue weighted by Gasteiger charge is 2.24. The molecule has 4 rings (SSSR count). The molecule has 0 atom stereocenters. The number of aryl methyl sites for hydroxylation is 1. The quantitative estimate of drug-likeness (QED) is 0.244. The van der Waals surface area contributed by atoms with E-state index in [9.17, 15) is 9.59 Å². The van der Waals surface area contributed by atoms with E-state index < -0.39 is 0 Å². The van der Waals surface area contributed by atoms with Crippen LogP contribution in [0.2, 0.25) is 0 Å². The van der Waals surface area contributed by atoms with E-state index in [0.717, 1.165) is 20.4 Å². The number of rotatable bonds is 8. The maximum Gasteiger partial charge on any atom is 0.264 e. The molecule has 3 aromatic carbocycles. The second-order valence-electron chi connectivity index (χ2n) is 7.78. The summed E-state index contributed by atoms with van der Waals surface area (Å²) in [6.07, 6.45) is 1.79. The van der Waals surface area contributed by atoms with E-state index in [4.69, 9.17) is 9.47 Å². The van der Waals surface area contributed by atoms with Crippen molar-refractivity contribution in [2.24, 2.45) is 4.99 Å². The molecule has 2 amide bonds. The molecule has 1 aliphatic rings. The summed E-state index contributed by atoms with van der Waals surface area (Å²) in [6.45, 7) is 4.14. The first kappa shape index (κ1) is 25.8. The lowest BCUT2D eigenvalue weighted by molar-refractivity contribution is -0.118. The number of anilines is 1. The van der Waals surface area contributed by atoms with Crippen molar-refractivity contribution >= 4 is 68.8 Å². The van der Waals surface area contributed by atoms with Gasteiger partial charge in [0, 0.05) is 5.69 Å².